The second-order valence-electron chi connectivity index (χ2n) is 6.86. The molecule has 0 bridgehead atoms. The first-order valence-electron chi connectivity index (χ1n) is 8.87. The average Bonchev–Trinajstić information content (AvgIpc) is 3.04. The van der Waals surface area contributed by atoms with Gasteiger partial charge in [-0.2, -0.15) is 0 Å². The van der Waals surface area contributed by atoms with E-state index < -0.39 is 0 Å². The monoisotopic (exact) mass is 334 g/mol. The van der Waals surface area contributed by atoms with Gasteiger partial charge in [-0.15, -0.1) is 0 Å². The molecule has 0 spiro atoms. The van der Waals surface area contributed by atoms with Crippen LogP contribution in [0.25, 0.3) is 5.70 Å². The molecule has 2 aromatic carbocycles. The van der Waals surface area contributed by atoms with Crippen LogP contribution < -0.4 is 10.5 Å². The summed E-state index contributed by atoms with van der Waals surface area (Å²) in [6.45, 7) is 10.2. The number of aryl methyl sites for hydroxylation is 1. The minimum atomic E-state index is 0.0999. The van der Waals surface area contributed by atoms with E-state index in [9.17, 15) is 0 Å². The fraction of sp³-hybridized carbons (Fsp3) is 0.318. The summed E-state index contributed by atoms with van der Waals surface area (Å²) < 4.78 is 5.70. The van der Waals surface area contributed by atoms with Gasteiger partial charge in [0.2, 0.25) is 0 Å². The minimum absolute atomic E-state index is 0.0999. The van der Waals surface area contributed by atoms with Crippen molar-refractivity contribution in [2.45, 2.75) is 46.1 Å². The zero-order valence-electron chi connectivity index (χ0n) is 15.3. The summed E-state index contributed by atoms with van der Waals surface area (Å²) in [6.07, 6.45) is 3.60. The van der Waals surface area contributed by atoms with Crippen LogP contribution in [0.1, 0.15) is 49.4 Å². The molecule has 0 atom stereocenters. The van der Waals surface area contributed by atoms with Crippen LogP contribution in [0.2, 0.25) is 0 Å². The van der Waals surface area contributed by atoms with Gasteiger partial charge in [-0.25, -0.2) is 0 Å². The molecule has 0 aromatic heterocycles. The van der Waals surface area contributed by atoms with Crippen LogP contribution in [0.15, 0.2) is 48.0 Å². The summed E-state index contributed by atoms with van der Waals surface area (Å²) >= 11 is 0. The number of ether oxygens (including phenoxy) is 1. The maximum atomic E-state index is 6.12. The summed E-state index contributed by atoms with van der Waals surface area (Å²) in [4.78, 5) is 4.75. The number of nitrogens with two attached hydrogens (primary N) is 1. The normalized spacial score (nSPS) is 13.8. The molecule has 0 aliphatic heterocycles. The highest BCUT2D eigenvalue weighted by Crippen LogP contribution is 2.30. The fourth-order valence-electron chi connectivity index (χ4n) is 3.35. The van der Waals surface area contributed by atoms with Crippen LogP contribution in [0, 0.1) is 0 Å². The lowest BCUT2D eigenvalue weighted by molar-refractivity contribution is 0.244. The Morgan fingerprint density at radius 3 is 2.72 bits per heavy atom. The molecule has 0 saturated heterocycles. The number of nitrogens with zero attached hydrogens (tertiary/aromatic N) is 1. The molecule has 3 heteroatoms. The van der Waals surface area contributed by atoms with Gasteiger partial charge in [0, 0.05) is 11.3 Å². The lowest BCUT2D eigenvalue weighted by Crippen LogP contribution is -2.08. The van der Waals surface area contributed by atoms with Crippen molar-refractivity contribution in [3.63, 3.8) is 0 Å². The Morgan fingerprint density at radius 1 is 1.20 bits per heavy atom. The number of fused-ring (bicyclic) bond motifs is 1. The maximum Gasteiger partial charge on any atom is 0.142 e. The van der Waals surface area contributed by atoms with Crippen molar-refractivity contribution in [2.24, 2.45) is 4.99 Å². The van der Waals surface area contributed by atoms with Crippen molar-refractivity contribution in [2.75, 3.05) is 5.73 Å². The van der Waals surface area contributed by atoms with Gasteiger partial charge in [0.25, 0.3) is 0 Å². The van der Waals surface area contributed by atoms with Crippen LogP contribution in [0.4, 0.5) is 5.69 Å². The fourth-order valence-corrected chi connectivity index (χ4v) is 3.35. The quantitative estimate of drug-likeness (QED) is 0.616. The van der Waals surface area contributed by atoms with Crippen LogP contribution in [-0.4, -0.2) is 11.8 Å². The molecule has 130 valence electrons. The van der Waals surface area contributed by atoms with E-state index in [0.29, 0.717) is 11.4 Å². The molecule has 0 fully saturated rings. The van der Waals surface area contributed by atoms with Crippen molar-refractivity contribution in [1.29, 1.82) is 0 Å². The van der Waals surface area contributed by atoms with Gasteiger partial charge in [-0.05, 0) is 74.9 Å². The Kier molecular flexibility index (Phi) is 4.93. The SMILES string of the molecule is C=C(/N=C(\C)c1ccc(OC(C)C)c(N)c1)c1cccc2c1CCC2. The smallest absolute Gasteiger partial charge is 0.142 e. The van der Waals surface area contributed by atoms with Gasteiger partial charge in [0.15, 0.2) is 0 Å². The first-order chi connectivity index (χ1) is 12.0. The van der Waals surface area contributed by atoms with Gasteiger partial charge < -0.3 is 10.5 Å². The molecule has 1 aliphatic rings. The van der Waals surface area contributed by atoms with E-state index in [2.05, 4.69) is 24.8 Å². The van der Waals surface area contributed by atoms with E-state index in [1.807, 2.05) is 39.0 Å². The largest absolute Gasteiger partial charge is 0.489 e. The van der Waals surface area contributed by atoms with Crippen LogP contribution in [0.3, 0.4) is 0 Å². The van der Waals surface area contributed by atoms with Gasteiger partial charge in [-0.1, -0.05) is 24.8 Å². The zero-order valence-corrected chi connectivity index (χ0v) is 15.3. The highest BCUT2D eigenvalue weighted by atomic mass is 16.5. The lowest BCUT2D eigenvalue weighted by Gasteiger charge is -2.13. The molecule has 2 N–H and O–H groups in total. The predicted molar refractivity (Wildman–Crippen MR) is 106 cm³/mol. The molecule has 0 unspecified atom stereocenters. The Bertz CT molecular complexity index is 834. The molecular weight excluding hydrogens is 308 g/mol. The predicted octanol–water partition coefficient (Wildman–Crippen LogP) is 5.02. The summed E-state index contributed by atoms with van der Waals surface area (Å²) in [5.74, 6) is 0.714. The number of benzene rings is 2. The van der Waals surface area contributed by atoms with Crippen molar-refractivity contribution < 1.29 is 4.74 Å². The molecule has 25 heavy (non-hydrogen) atoms. The Hall–Kier alpha value is -2.55. The van der Waals surface area contributed by atoms with Gasteiger partial charge in [0.1, 0.15) is 5.75 Å². The van der Waals surface area contributed by atoms with Crippen molar-refractivity contribution in [1.82, 2.24) is 0 Å². The highest BCUT2D eigenvalue weighted by molar-refractivity contribution is 6.02. The van der Waals surface area contributed by atoms with E-state index in [4.69, 9.17) is 15.5 Å². The van der Waals surface area contributed by atoms with E-state index in [1.165, 1.54) is 23.1 Å². The van der Waals surface area contributed by atoms with E-state index in [-0.39, 0.29) is 6.10 Å². The summed E-state index contributed by atoms with van der Waals surface area (Å²) in [5, 5.41) is 0. The number of hydrogen-bond donors (Lipinski definition) is 1. The Morgan fingerprint density at radius 2 is 2.00 bits per heavy atom. The van der Waals surface area contributed by atoms with Crippen LogP contribution in [-0.2, 0) is 12.8 Å². The minimum Gasteiger partial charge on any atom is -0.489 e. The third-order valence-corrected chi connectivity index (χ3v) is 4.55. The Labute approximate surface area is 150 Å². The summed E-state index contributed by atoms with van der Waals surface area (Å²) in [7, 11) is 0. The van der Waals surface area contributed by atoms with E-state index in [0.717, 1.165) is 29.8 Å². The number of nitrogen functional groups attached to an aromatic ring is 1. The highest BCUT2D eigenvalue weighted by Gasteiger charge is 2.16. The third kappa shape index (κ3) is 3.76. The molecular formula is C22H26N2O. The lowest BCUT2D eigenvalue weighted by atomic mass is 10.0. The van der Waals surface area contributed by atoms with Crippen LogP contribution in [0.5, 0.6) is 5.75 Å². The third-order valence-electron chi connectivity index (χ3n) is 4.55. The van der Waals surface area contributed by atoms with Crippen molar-refractivity contribution >= 4 is 17.1 Å². The standard InChI is InChI=1S/C22H26N2O/c1-14(2)25-22-12-11-18(13-21(22)23)15(3)24-16(4)19-9-5-7-17-8-6-10-20(17)19/h5,7,9,11-14H,4,6,8,10,23H2,1-3H3/b24-15+. The molecule has 0 amide bonds. The molecule has 3 nitrogen and oxygen atoms in total. The first-order valence-corrected chi connectivity index (χ1v) is 8.87. The molecule has 0 heterocycles. The first kappa shape index (κ1) is 17.3. The number of aliphatic imine (C=N–C) groups is 1. The van der Waals surface area contributed by atoms with E-state index >= 15 is 0 Å². The van der Waals surface area contributed by atoms with Crippen molar-refractivity contribution in [3.05, 3.63) is 65.2 Å². The maximum absolute atomic E-state index is 6.12. The average molecular weight is 334 g/mol. The van der Waals surface area contributed by atoms with Gasteiger partial charge in [0.05, 0.1) is 17.5 Å². The van der Waals surface area contributed by atoms with Gasteiger partial charge >= 0.3 is 0 Å². The molecule has 2 aromatic rings. The molecule has 3 rings (SSSR count). The molecule has 0 saturated carbocycles. The van der Waals surface area contributed by atoms with Crippen LogP contribution >= 0.6 is 0 Å². The molecule has 0 radical (unpaired) electrons. The zero-order chi connectivity index (χ0) is 18.0. The summed E-state index contributed by atoms with van der Waals surface area (Å²) in [5.41, 5.74) is 13.5. The van der Waals surface area contributed by atoms with Crippen molar-refractivity contribution in [3.8, 4) is 5.75 Å². The van der Waals surface area contributed by atoms with Gasteiger partial charge in [-0.3, -0.25) is 4.99 Å². The second-order valence-corrected chi connectivity index (χ2v) is 6.86. The Balaban J connectivity index is 1.85. The topological polar surface area (TPSA) is 47.6 Å². The number of rotatable bonds is 5. The number of anilines is 1. The van der Waals surface area contributed by atoms with E-state index in [1.54, 1.807) is 0 Å². The molecule has 1 aliphatic carbocycles. The second kappa shape index (κ2) is 7.14. The summed E-state index contributed by atoms with van der Waals surface area (Å²) in [6, 6.07) is 12.3. The number of hydrogen-bond acceptors (Lipinski definition) is 3.